The van der Waals surface area contributed by atoms with Crippen molar-refractivity contribution in [2.45, 2.75) is 38.2 Å². The summed E-state index contributed by atoms with van der Waals surface area (Å²) >= 11 is 0. The number of halogens is 3. The molecule has 0 spiro atoms. The van der Waals surface area contributed by atoms with E-state index in [1.807, 2.05) is 0 Å². The van der Waals surface area contributed by atoms with E-state index in [2.05, 4.69) is 25.3 Å². The Bertz CT molecular complexity index is 1170. The van der Waals surface area contributed by atoms with Crippen molar-refractivity contribution >= 4 is 17.9 Å². The van der Waals surface area contributed by atoms with E-state index >= 15 is 0 Å². The molecule has 3 heterocycles. The Morgan fingerprint density at radius 1 is 1.18 bits per heavy atom. The van der Waals surface area contributed by atoms with E-state index in [0.717, 1.165) is 12.1 Å². The van der Waals surface area contributed by atoms with Crippen LogP contribution < -0.4 is 10.2 Å². The molecular weight excluding hydrogens is 453 g/mol. The van der Waals surface area contributed by atoms with Crippen LogP contribution in [-0.2, 0) is 10.9 Å². The van der Waals surface area contributed by atoms with Crippen LogP contribution in [0.3, 0.4) is 0 Å². The maximum Gasteiger partial charge on any atom is 0.416 e. The first kappa shape index (κ1) is 23.4. The third-order valence-corrected chi connectivity index (χ3v) is 5.30. The number of carbonyl (C=O) groups excluding carboxylic acids is 1. The van der Waals surface area contributed by atoms with Gasteiger partial charge in [-0.3, -0.25) is 14.9 Å². The third kappa shape index (κ3) is 4.91. The number of ether oxygens (including phenoxy) is 1. The van der Waals surface area contributed by atoms with Crippen LogP contribution in [0, 0.1) is 0 Å². The van der Waals surface area contributed by atoms with Crippen LogP contribution >= 0.6 is 0 Å². The van der Waals surface area contributed by atoms with Gasteiger partial charge >= 0.3 is 12.3 Å². The molecule has 9 nitrogen and oxygen atoms in total. The average Bonchev–Trinajstić information content (AvgIpc) is 3.20. The van der Waals surface area contributed by atoms with Crippen LogP contribution in [0.15, 0.2) is 48.9 Å². The summed E-state index contributed by atoms with van der Waals surface area (Å²) in [5.74, 6) is 0.474. The molecule has 0 aliphatic carbocycles. The van der Waals surface area contributed by atoms with Gasteiger partial charge in [-0.25, -0.2) is 9.78 Å². The van der Waals surface area contributed by atoms with Crippen molar-refractivity contribution in [3.8, 4) is 11.3 Å². The van der Waals surface area contributed by atoms with Crippen LogP contribution in [0.25, 0.3) is 11.3 Å². The van der Waals surface area contributed by atoms with Gasteiger partial charge in [0.25, 0.3) is 0 Å². The SMILES string of the molecule is C[C@H](Nc1nccc(N2C(=O)OC[C@@H]2[C@@H](C)O)n1)c1cnc(-c2cccc(C(F)(F)F)c2)cn1. The van der Waals surface area contributed by atoms with E-state index < -0.39 is 36.0 Å². The minimum Gasteiger partial charge on any atom is -0.447 e. The second kappa shape index (κ2) is 9.21. The molecule has 0 radical (unpaired) electrons. The van der Waals surface area contributed by atoms with Crippen molar-refractivity contribution in [3.63, 3.8) is 0 Å². The molecule has 34 heavy (non-hydrogen) atoms. The van der Waals surface area contributed by atoms with Gasteiger partial charge in [0.05, 0.1) is 41.5 Å². The molecule has 1 amide bonds. The van der Waals surface area contributed by atoms with Gasteiger partial charge in [0.1, 0.15) is 18.5 Å². The van der Waals surface area contributed by atoms with Crippen molar-refractivity contribution in [1.82, 2.24) is 19.9 Å². The Hall–Kier alpha value is -3.80. The van der Waals surface area contributed by atoms with Crippen LogP contribution in [0.1, 0.15) is 31.1 Å². The van der Waals surface area contributed by atoms with Crippen molar-refractivity contribution in [3.05, 3.63) is 60.2 Å². The number of anilines is 2. The predicted molar refractivity (Wildman–Crippen MR) is 116 cm³/mol. The lowest BCUT2D eigenvalue weighted by molar-refractivity contribution is -0.137. The zero-order valence-electron chi connectivity index (χ0n) is 18.2. The first-order valence-corrected chi connectivity index (χ1v) is 10.4. The Kier molecular flexibility index (Phi) is 6.33. The molecule has 0 saturated carbocycles. The molecule has 1 fully saturated rings. The summed E-state index contributed by atoms with van der Waals surface area (Å²) in [6.45, 7) is 3.39. The second-order valence-corrected chi connectivity index (χ2v) is 7.76. The van der Waals surface area contributed by atoms with E-state index in [9.17, 15) is 23.1 Å². The minimum atomic E-state index is -4.45. The summed E-state index contributed by atoms with van der Waals surface area (Å²) in [5, 5.41) is 13.0. The third-order valence-electron chi connectivity index (χ3n) is 5.30. The number of cyclic esters (lactones) is 1. The van der Waals surface area contributed by atoms with Crippen LogP contribution in [0.4, 0.5) is 29.7 Å². The Morgan fingerprint density at radius 3 is 2.65 bits per heavy atom. The first-order chi connectivity index (χ1) is 16.1. The lowest BCUT2D eigenvalue weighted by atomic mass is 10.1. The maximum absolute atomic E-state index is 13.0. The molecule has 12 heteroatoms. The highest BCUT2D eigenvalue weighted by molar-refractivity contribution is 5.89. The van der Waals surface area contributed by atoms with Crippen LogP contribution in [-0.4, -0.2) is 49.9 Å². The zero-order valence-corrected chi connectivity index (χ0v) is 18.2. The van der Waals surface area contributed by atoms with E-state index in [-0.39, 0.29) is 18.4 Å². The summed E-state index contributed by atoms with van der Waals surface area (Å²) in [7, 11) is 0. The van der Waals surface area contributed by atoms with E-state index in [0.29, 0.717) is 17.0 Å². The number of aliphatic hydroxyl groups is 1. The lowest BCUT2D eigenvalue weighted by Gasteiger charge is -2.23. The summed E-state index contributed by atoms with van der Waals surface area (Å²) in [5.41, 5.74) is 0.350. The van der Waals surface area contributed by atoms with Crippen LogP contribution in [0.2, 0.25) is 0 Å². The number of amides is 1. The number of aromatic nitrogens is 4. The normalized spacial score (nSPS) is 17.9. The largest absolute Gasteiger partial charge is 0.447 e. The molecule has 1 saturated heterocycles. The fraction of sp³-hybridized carbons (Fsp3) is 0.318. The van der Waals surface area contributed by atoms with Gasteiger partial charge in [0.2, 0.25) is 5.95 Å². The summed E-state index contributed by atoms with van der Waals surface area (Å²) in [6, 6.07) is 5.43. The Morgan fingerprint density at radius 2 is 1.97 bits per heavy atom. The molecule has 2 N–H and O–H groups in total. The molecule has 1 aliphatic heterocycles. The number of nitrogens with zero attached hydrogens (tertiary/aromatic N) is 5. The Labute approximate surface area is 192 Å². The van der Waals surface area contributed by atoms with Gasteiger partial charge in [0.15, 0.2) is 0 Å². The molecule has 1 aromatic carbocycles. The van der Waals surface area contributed by atoms with Crippen molar-refractivity contribution in [2.75, 3.05) is 16.8 Å². The molecule has 0 unspecified atom stereocenters. The van der Waals surface area contributed by atoms with Gasteiger partial charge in [0, 0.05) is 11.8 Å². The van der Waals surface area contributed by atoms with Crippen LogP contribution in [0.5, 0.6) is 0 Å². The fourth-order valence-electron chi connectivity index (χ4n) is 3.44. The van der Waals surface area contributed by atoms with Crippen molar-refractivity contribution in [2.24, 2.45) is 0 Å². The monoisotopic (exact) mass is 474 g/mol. The molecule has 3 aromatic rings. The molecule has 178 valence electrons. The maximum atomic E-state index is 13.0. The highest BCUT2D eigenvalue weighted by Crippen LogP contribution is 2.32. The minimum absolute atomic E-state index is 0.0491. The standard InChI is InChI=1S/C22H21F3N6O3/c1-12(16-9-28-17(10-27-16)14-4-3-5-15(8-14)22(23,24)25)29-20-26-7-6-19(30-20)31-18(13(2)32)11-34-21(31)33/h3-10,12-13,18,32H,11H2,1-2H3,(H,26,29,30)/t12-,13+,18+/m0/s1. The smallest absolute Gasteiger partial charge is 0.416 e. The number of hydrogen-bond acceptors (Lipinski definition) is 8. The number of benzene rings is 1. The topological polar surface area (TPSA) is 113 Å². The molecule has 0 bridgehead atoms. The number of alkyl halides is 3. The predicted octanol–water partition coefficient (Wildman–Crippen LogP) is 3.83. The summed E-state index contributed by atoms with van der Waals surface area (Å²) in [4.78, 5) is 30.4. The van der Waals surface area contributed by atoms with Gasteiger partial charge in [-0.1, -0.05) is 12.1 Å². The summed E-state index contributed by atoms with van der Waals surface area (Å²) in [6.07, 6.45) is -1.56. The van der Waals surface area contributed by atoms with Gasteiger partial charge in [-0.2, -0.15) is 18.2 Å². The van der Waals surface area contributed by atoms with Gasteiger partial charge in [-0.05, 0) is 32.0 Å². The number of hydrogen-bond donors (Lipinski definition) is 2. The van der Waals surface area contributed by atoms with E-state index in [1.165, 1.54) is 41.7 Å². The highest BCUT2D eigenvalue weighted by Gasteiger charge is 2.38. The molecule has 1 aliphatic rings. The lowest BCUT2D eigenvalue weighted by Crippen LogP contribution is -2.41. The van der Waals surface area contributed by atoms with E-state index in [1.54, 1.807) is 13.8 Å². The molecular formula is C22H21F3N6O3. The number of aliphatic hydroxyl groups excluding tert-OH is 1. The van der Waals surface area contributed by atoms with Crippen molar-refractivity contribution in [1.29, 1.82) is 0 Å². The molecule has 3 atom stereocenters. The van der Waals surface area contributed by atoms with Gasteiger partial charge in [-0.15, -0.1) is 0 Å². The molecule has 2 aromatic heterocycles. The van der Waals surface area contributed by atoms with Crippen molar-refractivity contribution < 1.29 is 27.8 Å². The van der Waals surface area contributed by atoms with Gasteiger partial charge < -0.3 is 15.2 Å². The fourth-order valence-corrected chi connectivity index (χ4v) is 3.44. The van der Waals surface area contributed by atoms with E-state index in [4.69, 9.17) is 4.74 Å². The zero-order chi connectivity index (χ0) is 24.5. The summed E-state index contributed by atoms with van der Waals surface area (Å²) < 4.78 is 43.9. The Balaban J connectivity index is 1.49. The second-order valence-electron chi connectivity index (χ2n) is 7.76. The first-order valence-electron chi connectivity index (χ1n) is 10.4. The molecule has 4 rings (SSSR count). The highest BCUT2D eigenvalue weighted by atomic mass is 19.4. The average molecular weight is 474 g/mol. The number of carbonyl (C=O) groups is 1. The number of nitrogens with one attached hydrogen (secondary N) is 1. The quantitative estimate of drug-likeness (QED) is 0.554. The number of rotatable bonds is 6.